The SMILES string of the molecule is O=C(Nc1ccc(O)c(O)c1)Nc1cc(O)ccc1O. The normalized spacial score (nSPS) is 10.0. The van der Waals surface area contributed by atoms with Gasteiger partial charge in [0, 0.05) is 17.8 Å². The van der Waals surface area contributed by atoms with Gasteiger partial charge in [-0.25, -0.2) is 4.79 Å². The Morgan fingerprint density at radius 3 is 2.20 bits per heavy atom. The first-order valence-corrected chi connectivity index (χ1v) is 5.57. The molecule has 0 aliphatic heterocycles. The highest BCUT2D eigenvalue weighted by molar-refractivity contribution is 6.00. The van der Waals surface area contributed by atoms with Gasteiger partial charge in [-0.2, -0.15) is 0 Å². The zero-order valence-corrected chi connectivity index (χ0v) is 10.2. The number of nitrogens with one attached hydrogen (secondary N) is 2. The maximum atomic E-state index is 11.7. The van der Waals surface area contributed by atoms with Crippen LogP contribution < -0.4 is 10.6 Å². The molecule has 0 spiro atoms. The van der Waals surface area contributed by atoms with Crippen LogP contribution in [0.3, 0.4) is 0 Å². The summed E-state index contributed by atoms with van der Waals surface area (Å²) in [5.74, 6) is -0.989. The molecule has 0 fully saturated rings. The van der Waals surface area contributed by atoms with Gasteiger partial charge >= 0.3 is 6.03 Å². The summed E-state index contributed by atoms with van der Waals surface area (Å²) in [4.78, 5) is 11.7. The van der Waals surface area contributed by atoms with Crippen molar-refractivity contribution in [2.45, 2.75) is 0 Å². The second-order valence-electron chi connectivity index (χ2n) is 3.98. The molecule has 0 aliphatic rings. The number of anilines is 2. The van der Waals surface area contributed by atoms with Gasteiger partial charge in [0.05, 0.1) is 5.69 Å². The number of phenols is 4. The van der Waals surface area contributed by atoms with Crippen LogP contribution in [0.25, 0.3) is 0 Å². The second-order valence-corrected chi connectivity index (χ2v) is 3.98. The Morgan fingerprint density at radius 1 is 0.800 bits per heavy atom. The third-order valence-corrected chi connectivity index (χ3v) is 2.46. The Hall–Kier alpha value is -3.09. The summed E-state index contributed by atoms with van der Waals surface area (Å²) < 4.78 is 0. The fourth-order valence-corrected chi connectivity index (χ4v) is 1.51. The van der Waals surface area contributed by atoms with Crippen molar-refractivity contribution in [3.05, 3.63) is 36.4 Å². The Kier molecular flexibility index (Phi) is 3.52. The quantitative estimate of drug-likeness (QED) is 0.370. The average Bonchev–Trinajstić information content (AvgIpc) is 2.38. The van der Waals surface area contributed by atoms with Gasteiger partial charge in [0.25, 0.3) is 0 Å². The molecule has 0 bridgehead atoms. The van der Waals surface area contributed by atoms with Crippen LogP contribution in [0.15, 0.2) is 36.4 Å². The van der Waals surface area contributed by atoms with Crippen molar-refractivity contribution < 1.29 is 25.2 Å². The summed E-state index contributed by atoms with van der Waals surface area (Å²) in [6, 6.07) is 6.78. The van der Waals surface area contributed by atoms with Crippen LogP contribution in [0.1, 0.15) is 0 Å². The molecule has 0 heterocycles. The van der Waals surface area contributed by atoms with Gasteiger partial charge < -0.3 is 31.1 Å². The van der Waals surface area contributed by atoms with Gasteiger partial charge in [0.15, 0.2) is 11.5 Å². The van der Waals surface area contributed by atoms with E-state index < -0.39 is 6.03 Å². The van der Waals surface area contributed by atoms with Crippen LogP contribution in [-0.4, -0.2) is 26.5 Å². The summed E-state index contributed by atoms with van der Waals surface area (Å²) in [5.41, 5.74) is 0.281. The van der Waals surface area contributed by atoms with Crippen LogP contribution in [-0.2, 0) is 0 Å². The standard InChI is InChI=1S/C13H12N2O5/c16-8-2-4-10(17)9(6-8)15-13(20)14-7-1-3-11(18)12(19)5-7/h1-6,16-19H,(H2,14,15,20). The Bertz CT molecular complexity index is 657. The minimum absolute atomic E-state index is 0.0329. The maximum absolute atomic E-state index is 11.7. The fraction of sp³-hybridized carbons (Fsp3) is 0. The van der Waals surface area contributed by atoms with Crippen molar-refractivity contribution >= 4 is 17.4 Å². The third-order valence-electron chi connectivity index (χ3n) is 2.46. The Morgan fingerprint density at radius 2 is 1.50 bits per heavy atom. The lowest BCUT2D eigenvalue weighted by atomic mass is 10.2. The molecule has 7 heteroatoms. The monoisotopic (exact) mass is 276 g/mol. The molecule has 0 saturated heterocycles. The van der Waals surface area contributed by atoms with Crippen molar-refractivity contribution in [2.75, 3.05) is 10.6 Å². The number of aromatic hydroxyl groups is 4. The fourth-order valence-electron chi connectivity index (χ4n) is 1.51. The van der Waals surface area contributed by atoms with Crippen molar-refractivity contribution in [3.8, 4) is 23.0 Å². The zero-order chi connectivity index (χ0) is 14.7. The number of benzene rings is 2. The molecular weight excluding hydrogens is 264 g/mol. The number of urea groups is 1. The third kappa shape index (κ3) is 3.02. The molecule has 6 N–H and O–H groups in total. The molecule has 0 atom stereocenters. The number of rotatable bonds is 2. The highest BCUT2D eigenvalue weighted by Crippen LogP contribution is 2.29. The van der Waals surface area contributed by atoms with E-state index in [9.17, 15) is 20.1 Å². The molecule has 7 nitrogen and oxygen atoms in total. The molecule has 2 amide bonds. The van der Waals surface area contributed by atoms with Gasteiger partial charge in [-0.3, -0.25) is 0 Å². The van der Waals surface area contributed by atoms with E-state index in [0.29, 0.717) is 0 Å². The molecule has 0 aliphatic carbocycles. The van der Waals surface area contributed by atoms with Gasteiger partial charge in [-0.05, 0) is 24.3 Å². The predicted octanol–water partition coefficient (Wildman–Crippen LogP) is 2.15. The summed E-state index contributed by atoms with van der Waals surface area (Å²) in [6.45, 7) is 0. The average molecular weight is 276 g/mol. The van der Waals surface area contributed by atoms with Crippen LogP contribution in [0.2, 0.25) is 0 Å². The van der Waals surface area contributed by atoms with Crippen LogP contribution in [0, 0.1) is 0 Å². The smallest absolute Gasteiger partial charge is 0.323 e. The minimum atomic E-state index is -0.684. The van der Waals surface area contributed by atoms with Crippen molar-refractivity contribution in [2.24, 2.45) is 0 Å². The number of carbonyl (C=O) groups excluding carboxylic acids is 1. The van der Waals surface area contributed by atoms with Crippen LogP contribution in [0.4, 0.5) is 16.2 Å². The Labute approximate surface area is 113 Å². The first-order chi connectivity index (χ1) is 9.45. The van der Waals surface area contributed by atoms with Crippen LogP contribution >= 0.6 is 0 Å². The van der Waals surface area contributed by atoms with E-state index in [-0.39, 0.29) is 34.4 Å². The molecule has 20 heavy (non-hydrogen) atoms. The van der Waals surface area contributed by atoms with E-state index in [1.54, 1.807) is 0 Å². The zero-order valence-electron chi connectivity index (χ0n) is 10.2. The molecule has 0 aromatic heterocycles. The topological polar surface area (TPSA) is 122 Å². The molecule has 104 valence electrons. The van der Waals surface area contributed by atoms with E-state index >= 15 is 0 Å². The maximum Gasteiger partial charge on any atom is 0.323 e. The number of hydrogen-bond donors (Lipinski definition) is 6. The molecule has 2 rings (SSSR count). The van der Waals surface area contributed by atoms with Gasteiger partial charge in [-0.15, -0.1) is 0 Å². The van der Waals surface area contributed by atoms with E-state index in [1.165, 1.54) is 30.3 Å². The van der Waals surface area contributed by atoms with Crippen molar-refractivity contribution in [1.29, 1.82) is 0 Å². The number of amides is 2. The Balaban J connectivity index is 2.09. The van der Waals surface area contributed by atoms with E-state index in [4.69, 9.17) is 5.11 Å². The van der Waals surface area contributed by atoms with Gasteiger partial charge in [0.2, 0.25) is 0 Å². The number of carbonyl (C=O) groups is 1. The van der Waals surface area contributed by atoms with Crippen LogP contribution in [0.5, 0.6) is 23.0 Å². The molecule has 0 saturated carbocycles. The first-order valence-electron chi connectivity index (χ1n) is 5.57. The summed E-state index contributed by atoms with van der Waals surface area (Å²) in [7, 11) is 0. The molecule has 0 unspecified atom stereocenters. The van der Waals surface area contributed by atoms with E-state index in [0.717, 1.165) is 6.07 Å². The van der Waals surface area contributed by atoms with Crippen molar-refractivity contribution in [1.82, 2.24) is 0 Å². The van der Waals surface area contributed by atoms with Gasteiger partial charge in [0.1, 0.15) is 11.5 Å². The lowest BCUT2D eigenvalue weighted by Crippen LogP contribution is -2.19. The molecule has 2 aromatic rings. The summed E-state index contributed by atoms with van der Waals surface area (Å²) >= 11 is 0. The number of phenolic OH excluding ortho intramolecular Hbond substituents is 4. The predicted molar refractivity (Wildman–Crippen MR) is 72.2 cm³/mol. The lowest BCUT2D eigenvalue weighted by Gasteiger charge is -2.10. The van der Waals surface area contributed by atoms with E-state index in [2.05, 4.69) is 10.6 Å². The first kappa shape index (κ1) is 13.3. The highest BCUT2D eigenvalue weighted by Gasteiger charge is 2.08. The highest BCUT2D eigenvalue weighted by atomic mass is 16.3. The van der Waals surface area contributed by atoms with Gasteiger partial charge in [-0.1, -0.05) is 0 Å². The number of hydrogen-bond acceptors (Lipinski definition) is 5. The van der Waals surface area contributed by atoms with E-state index in [1.807, 2.05) is 0 Å². The summed E-state index contributed by atoms with van der Waals surface area (Å²) in [6.07, 6.45) is 0. The molecule has 2 aromatic carbocycles. The lowest BCUT2D eigenvalue weighted by molar-refractivity contribution is 0.262. The minimum Gasteiger partial charge on any atom is -0.508 e. The summed E-state index contributed by atoms with van der Waals surface area (Å²) in [5, 5.41) is 41.9. The second kappa shape index (κ2) is 5.27. The molecular formula is C13H12N2O5. The molecule has 0 radical (unpaired) electrons. The largest absolute Gasteiger partial charge is 0.508 e. The van der Waals surface area contributed by atoms with Crippen molar-refractivity contribution in [3.63, 3.8) is 0 Å².